The highest BCUT2D eigenvalue weighted by Crippen LogP contribution is 2.18. The lowest BCUT2D eigenvalue weighted by molar-refractivity contribution is -0.122. The second-order valence-electron chi connectivity index (χ2n) is 5.41. The van der Waals surface area contributed by atoms with Gasteiger partial charge in [-0.15, -0.1) is 0 Å². The highest BCUT2D eigenvalue weighted by atomic mass is 16.2. The molecule has 1 atom stereocenters. The molecule has 1 amide bonds. The number of nitrogens with zero attached hydrogens (tertiary/aromatic N) is 5. The molecule has 1 aliphatic rings. The third-order valence-electron chi connectivity index (χ3n) is 3.75. The van der Waals surface area contributed by atoms with Gasteiger partial charge >= 0.3 is 0 Å². The van der Waals surface area contributed by atoms with Gasteiger partial charge in [0.25, 0.3) is 0 Å². The zero-order valence-electron chi connectivity index (χ0n) is 12.7. The van der Waals surface area contributed by atoms with Gasteiger partial charge in [0.05, 0.1) is 25.6 Å². The Morgan fingerprint density at radius 1 is 1.52 bits per heavy atom. The number of carbonyl (C=O) groups excluding carboxylic acids is 1. The molecule has 0 spiro atoms. The average Bonchev–Trinajstić information content (AvgIpc) is 2.98. The quantitative estimate of drug-likeness (QED) is 0.766. The lowest BCUT2D eigenvalue weighted by atomic mass is 10.2. The standard InChI is InChI=1S/C14H22N6O/c1-11-17-12(2)20(18-11)9-13-5-3-8-19(13)10-14(21)16-7-4-6-15/h13H,3-5,7-10H2,1-2H3,(H,16,21)/t13-/m0/s1. The van der Waals surface area contributed by atoms with Gasteiger partial charge in [0.2, 0.25) is 5.91 Å². The number of nitriles is 1. The van der Waals surface area contributed by atoms with Crippen LogP contribution in [-0.2, 0) is 11.3 Å². The van der Waals surface area contributed by atoms with Crippen molar-refractivity contribution in [2.24, 2.45) is 0 Å². The molecule has 1 saturated heterocycles. The van der Waals surface area contributed by atoms with Gasteiger partial charge in [0.15, 0.2) is 0 Å². The number of hydrogen-bond donors (Lipinski definition) is 1. The highest BCUT2D eigenvalue weighted by molar-refractivity contribution is 5.78. The number of likely N-dealkylation sites (tertiary alicyclic amines) is 1. The molecule has 0 saturated carbocycles. The average molecular weight is 290 g/mol. The SMILES string of the molecule is Cc1nc(C)n(C[C@@H]2CCCN2CC(=O)NCCC#N)n1. The van der Waals surface area contributed by atoms with Gasteiger partial charge in [0.1, 0.15) is 11.6 Å². The van der Waals surface area contributed by atoms with Crippen LogP contribution >= 0.6 is 0 Å². The smallest absolute Gasteiger partial charge is 0.234 e. The van der Waals surface area contributed by atoms with Crippen LogP contribution in [0.2, 0.25) is 0 Å². The van der Waals surface area contributed by atoms with Crippen LogP contribution in [0, 0.1) is 25.2 Å². The number of aryl methyl sites for hydroxylation is 2. The van der Waals surface area contributed by atoms with Crippen molar-refractivity contribution in [2.45, 2.75) is 45.7 Å². The Morgan fingerprint density at radius 2 is 2.33 bits per heavy atom. The van der Waals surface area contributed by atoms with E-state index in [2.05, 4.69) is 20.3 Å². The molecule has 2 rings (SSSR count). The van der Waals surface area contributed by atoms with Crippen LogP contribution in [-0.4, -0.2) is 51.2 Å². The molecule has 1 aliphatic heterocycles. The first kappa shape index (κ1) is 15.4. The van der Waals surface area contributed by atoms with Crippen LogP contribution in [0.1, 0.15) is 30.9 Å². The van der Waals surface area contributed by atoms with Crippen molar-refractivity contribution < 1.29 is 4.79 Å². The second-order valence-corrected chi connectivity index (χ2v) is 5.41. The molecule has 7 heteroatoms. The predicted octanol–water partition coefficient (Wildman–Crippen LogP) is 0.389. The topological polar surface area (TPSA) is 86.8 Å². The van der Waals surface area contributed by atoms with E-state index in [0.29, 0.717) is 25.6 Å². The third kappa shape index (κ3) is 4.26. The summed E-state index contributed by atoms with van der Waals surface area (Å²) in [4.78, 5) is 18.4. The monoisotopic (exact) mass is 290 g/mol. The molecule has 0 aliphatic carbocycles. The maximum Gasteiger partial charge on any atom is 0.234 e. The minimum absolute atomic E-state index is 0.0105. The van der Waals surface area contributed by atoms with Crippen LogP contribution in [0.15, 0.2) is 0 Å². The molecule has 0 unspecified atom stereocenters. The Morgan fingerprint density at radius 3 is 3.00 bits per heavy atom. The van der Waals surface area contributed by atoms with Gasteiger partial charge in [-0.3, -0.25) is 9.69 Å². The summed E-state index contributed by atoms with van der Waals surface area (Å²) in [6, 6.07) is 2.35. The van der Waals surface area contributed by atoms with E-state index in [-0.39, 0.29) is 5.91 Å². The number of hydrogen-bond acceptors (Lipinski definition) is 5. The highest BCUT2D eigenvalue weighted by Gasteiger charge is 2.27. The predicted molar refractivity (Wildman–Crippen MR) is 77.3 cm³/mol. The number of nitrogens with one attached hydrogen (secondary N) is 1. The zero-order chi connectivity index (χ0) is 15.2. The summed E-state index contributed by atoms with van der Waals surface area (Å²) in [6.07, 6.45) is 2.53. The Labute approximate surface area is 124 Å². The van der Waals surface area contributed by atoms with Crippen molar-refractivity contribution in [3.05, 3.63) is 11.6 Å². The number of aromatic nitrogens is 3. The van der Waals surface area contributed by atoms with Crippen molar-refractivity contribution in [3.8, 4) is 6.07 Å². The van der Waals surface area contributed by atoms with Crippen molar-refractivity contribution >= 4 is 5.91 Å². The van der Waals surface area contributed by atoms with E-state index in [4.69, 9.17) is 5.26 Å². The molecule has 1 aromatic rings. The fraction of sp³-hybridized carbons (Fsp3) is 0.714. The zero-order valence-corrected chi connectivity index (χ0v) is 12.7. The van der Waals surface area contributed by atoms with Crippen molar-refractivity contribution in [1.82, 2.24) is 25.0 Å². The summed E-state index contributed by atoms with van der Waals surface area (Å²) < 4.78 is 1.92. The van der Waals surface area contributed by atoms with E-state index in [9.17, 15) is 4.79 Å². The lowest BCUT2D eigenvalue weighted by Crippen LogP contribution is -2.41. The maximum atomic E-state index is 11.8. The fourth-order valence-corrected chi connectivity index (χ4v) is 2.74. The molecular formula is C14H22N6O. The van der Waals surface area contributed by atoms with Gasteiger partial charge in [-0.1, -0.05) is 0 Å². The normalized spacial score (nSPS) is 18.6. The first-order valence-corrected chi connectivity index (χ1v) is 7.36. The van der Waals surface area contributed by atoms with Crippen LogP contribution in [0.5, 0.6) is 0 Å². The van der Waals surface area contributed by atoms with E-state index < -0.39 is 0 Å². The minimum atomic E-state index is -0.0105. The molecule has 7 nitrogen and oxygen atoms in total. The molecule has 1 fully saturated rings. The largest absolute Gasteiger partial charge is 0.354 e. The molecular weight excluding hydrogens is 268 g/mol. The van der Waals surface area contributed by atoms with Gasteiger partial charge in [-0.2, -0.15) is 10.4 Å². The van der Waals surface area contributed by atoms with Crippen molar-refractivity contribution in [1.29, 1.82) is 5.26 Å². The minimum Gasteiger partial charge on any atom is -0.354 e. The van der Waals surface area contributed by atoms with E-state index in [1.165, 1.54) is 0 Å². The summed E-state index contributed by atoms with van der Waals surface area (Å²) >= 11 is 0. The van der Waals surface area contributed by atoms with Gasteiger partial charge in [-0.05, 0) is 33.2 Å². The van der Waals surface area contributed by atoms with Gasteiger partial charge < -0.3 is 5.32 Å². The maximum absolute atomic E-state index is 11.8. The summed E-state index contributed by atoms with van der Waals surface area (Å²) in [5, 5.41) is 15.6. The van der Waals surface area contributed by atoms with E-state index in [0.717, 1.165) is 37.6 Å². The first-order chi connectivity index (χ1) is 10.1. The molecule has 0 aromatic carbocycles. The van der Waals surface area contributed by atoms with Crippen molar-refractivity contribution in [2.75, 3.05) is 19.6 Å². The van der Waals surface area contributed by atoms with E-state index >= 15 is 0 Å². The Hall–Kier alpha value is -1.94. The second kappa shape index (κ2) is 7.18. The first-order valence-electron chi connectivity index (χ1n) is 7.36. The Balaban J connectivity index is 1.87. The Bertz CT molecular complexity index is 532. The summed E-state index contributed by atoms with van der Waals surface area (Å²) in [5.41, 5.74) is 0. The van der Waals surface area contributed by atoms with E-state index in [1.807, 2.05) is 24.6 Å². The lowest BCUT2D eigenvalue weighted by Gasteiger charge is -2.23. The molecule has 1 aromatic heterocycles. The molecule has 0 radical (unpaired) electrons. The molecule has 21 heavy (non-hydrogen) atoms. The van der Waals surface area contributed by atoms with Crippen LogP contribution in [0.4, 0.5) is 0 Å². The number of carbonyl (C=O) groups is 1. The summed E-state index contributed by atoms with van der Waals surface area (Å²) in [7, 11) is 0. The van der Waals surface area contributed by atoms with Crippen molar-refractivity contribution in [3.63, 3.8) is 0 Å². The number of rotatable bonds is 6. The third-order valence-corrected chi connectivity index (χ3v) is 3.75. The van der Waals surface area contributed by atoms with Gasteiger partial charge in [0, 0.05) is 12.6 Å². The van der Waals surface area contributed by atoms with Crippen LogP contribution in [0.3, 0.4) is 0 Å². The Kier molecular flexibility index (Phi) is 5.28. The molecule has 2 heterocycles. The van der Waals surface area contributed by atoms with Crippen LogP contribution < -0.4 is 5.32 Å². The summed E-state index contributed by atoms with van der Waals surface area (Å²) in [6.45, 7) is 6.37. The van der Waals surface area contributed by atoms with Gasteiger partial charge in [-0.25, -0.2) is 9.67 Å². The number of amides is 1. The van der Waals surface area contributed by atoms with E-state index in [1.54, 1.807) is 0 Å². The fourth-order valence-electron chi connectivity index (χ4n) is 2.74. The molecule has 1 N–H and O–H groups in total. The van der Waals surface area contributed by atoms with Crippen LogP contribution in [0.25, 0.3) is 0 Å². The molecule has 114 valence electrons. The summed E-state index contributed by atoms with van der Waals surface area (Å²) in [5.74, 6) is 1.69. The molecule has 0 bridgehead atoms.